The van der Waals surface area contributed by atoms with E-state index in [9.17, 15) is 9.90 Å². The molecule has 0 spiro atoms. The highest BCUT2D eigenvalue weighted by atomic mass is 32.2. The van der Waals surface area contributed by atoms with Crippen LogP contribution in [0.25, 0.3) is 0 Å². The van der Waals surface area contributed by atoms with Crippen LogP contribution in [-0.2, 0) is 12.8 Å². The molecule has 0 radical (unpaired) electrons. The third-order valence-electron chi connectivity index (χ3n) is 2.80. The van der Waals surface area contributed by atoms with Gasteiger partial charge in [0, 0.05) is 30.4 Å². The first-order chi connectivity index (χ1) is 8.99. The van der Waals surface area contributed by atoms with Gasteiger partial charge in [0.1, 0.15) is 5.03 Å². The number of thioether (sulfide) groups is 1. The Morgan fingerprint density at radius 1 is 1.47 bits per heavy atom. The van der Waals surface area contributed by atoms with Crippen molar-refractivity contribution in [1.82, 2.24) is 14.5 Å². The van der Waals surface area contributed by atoms with Crippen molar-refractivity contribution in [2.45, 2.75) is 24.6 Å². The molecule has 0 saturated heterocycles. The number of carboxylic acids is 1. The number of carboxylic acid groups (broad SMARTS) is 1. The van der Waals surface area contributed by atoms with Crippen molar-refractivity contribution in [3.8, 4) is 0 Å². The average Bonchev–Trinajstić information content (AvgIpc) is 2.70. The Hall–Kier alpha value is -1.82. The topological polar surface area (TPSA) is 68.0 Å². The molecule has 100 valence electrons. The maximum Gasteiger partial charge on any atom is 0.338 e. The lowest BCUT2D eigenvalue weighted by Crippen LogP contribution is -2.05. The maximum absolute atomic E-state index is 11.3. The first-order valence-electron chi connectivity index (χ1n) is 5.78. The summed E-state index contributed by atoms with van der Waals surface area (Å²) in [5.41, 5.74) is 2.89. The van der Waals surface area contributed by atoms with Crippen LogP contribution in [0.4, 0.5) is 0 Å². The number of aryl methyl sites for hydroxylation is 3. The number of pyridine rings is 1. The molecule has 19 heavy (non-hydrogen) atoms. The predicted molar refractivity (Wildman–Crippen MR) is 73.4 cm³/mol. The summed E-state index contributed by atoms with van der Waals surface area (Å²) in [5, 5.41) is 9.84. The van der Waals surface area contributed by atoms with Gasteiger partial charge in [0.25, 0.3) is 0 Å². The number of aromatic nitrogens is 3. The fourth-order valence-corrected chi connectivity index (χ4v) is 3.00. The maximum atomic E-state index is 11.3. The normalized spacial score (nSPS) is 10.7. The van der Waals surface area contributed by atoms with Crippen molar-refractivity contribution in [1.29, 1.82) is 0 Å². The van der Waals surface area contributed by atoms with Crippen LogP contribution in [0.5, 0.6) is 0 Å². The molecule has 2 heterocycles. The standard InChI is InChI=1S/C13H15N3O2S/c1-8-4-9(2)15-12(11(8)13(17)18)19-6-10-5-14-7-16(10)3/h4-5,7H,6H2,1-3H3,(H,17,18). The minimum absolute atomic E-state index is 0.290. The lowest BCUT2D eigenvalue weighted by atomic mass is 10.1. The van der Waals surface area contributed by atoms with Gasteiger partial charge in [0.2, 0.25) is 0 Å². The molecular weight excluding hydrogens is 262 g/mol. The number of hydrogen-bond donors (Lipinski definition) is 1. The third-order valence-corrected chi connectivity index (χ3v) is 3.81. The number of aromatic carboxylic acids is 1. The third kappa shape index (κ3) is 2.96. The van der Waals surface area contributed by atoms with E-state index >= 15 is 0 Å². The Morgan fingerprint density at radius 2 is 2.21 bits per heavy atom. The summed E-state index contributed by atoms with van der Waals surface area (Å²) in [6.45, 7) is 3.67. The van der Waals surface area contributed by atoms with Crippen molar-refractivity contribution in [2.24, 2.45) is 7.05 Å². The summed E-state index contributed by atoms with van der Waals surface area (Å²) in [6.07, 6.45) is 3.50. The van der Waals surface area contributed by atoms with Gasteiger partial charge < -0.3 is 9.67 Å². The molecule has 0 aromatic carbocycles. The van der Waals surface area contributed by atoms with E-state index in [4.69, 9.17) is 0 Å². The average molecular weight is 277 g/mol. The van der Waals surface area contributed by atoms with Gasteiger partial charge in [0.15, 0.2) is 0 Å². The molecule has 0 aliphatic heterocycles. The second-order valence-corrected chi connectivity index (χ2v) is 5.31. The summed E-state index contributed by atoms with van der Waals surface area (Å²) in [6, 6.07) is 1.79. The molecule has 5 nitrogen and oxygen atoms in total. The molecular formula is C13H15N3O2S. The smallest absolute Gasteiger partial charge is 0.338 e. The van der Waals surface area contributed by atoms with Crippen LogP contribution in [0.1, 0.15) is 27.3 Å². The highest BCUT2D eigenvalue weighted by Crippen LogP contribution is 2.27. The molecule has 2 aromatic rings. The van der Waals surface area contributed by atoms with Crippen LogP contribution in [0.3, 0.4) is 0 Å². The lowest BCUT2D eigenvalue weighted by molar-refractivity contribution is 0.0691. The fourth-order valence-electron chi connectivity index (χ4n) is 1.83. The quantitative estimate of drug-likeness (QED) is 0.869. The molecule has 0 saturated carbocycles. The molecule has 2 rings (SSSR count). The number of rotatable bonds is 4. The predicted octanol–water partition coefficient (Wildman–Crippen LogP) is 2.42. The van der Waals surface area contributed by atoms with Gasteiger partial charge >= 0.3 is 5.97 Å². The van der Waals surface area contributed by atoms with Crippen LogP contribution in [0, 0.1) is 13.8 Å². The van der Waals surface area contributed by atoms with E-state index in [1.807, 2.05) is 18.5 Å². The van der Waals surface area contributed by atoms with Crippen LogP contribution >= 0.6 is 11.8 Å². The van der Waals surface area contributed by atoms with E-state index in [2.05, 4.69) is 9.97 Å². The second kappa shape index (κ2) is 5.44. The molecule has 1 N–H and O–H groups in total. The zero-order chi connectivity index (χ0) is 14.0. The Bertz CT molecular complexity index is 622. The molecule has 0 aliphatic rings. The summed E-state index contributed by atoms with van der Waals surface area (Å²) in [4.78, 5) is 19.7. The van der Waals surface area contributed by atoms with Crippen molar-refractivity contribution >= 4 is 17.7 Å². The van der Waals surface area contributed by atoms with Crippen molar-refractivity contribution in [3.63, 3.8) is 0 Å². The number of nitrogens with zero attached hydrogens (tertiary/aromatic N) is 3. The van der Waals surface area contributed by atoms with E-state index in [1.54, 1.807) is 25.5 Å². The molecule has 0 bridgehead atoms. The zero-order valence-electron chi connectivity index (χ0n) is 11.0. The van der Waals surface area contributed by atoms with E-state index in [-0.39, 0.29) is 5.56 Å². The lowest BCUT2D eigenvalue weighted by Gasteiger charge is -2.09. The Morgan fingerprint density at radius 3 is 2.79 bits per heavy atom. The van der Waals surface area contributed by atoms with E-state index < -0.39 is 5.97 Å². The van der Waals surface area contributed by atoms with Crippen LogP contribution < -0.4 is 0 Å². The van der Waals surface area contributed by atoms with E-state index in [0.29, 0.717) is 10.8 Å². The van der Waals surface area contributed by atoms with Gasteiger partial charge in [0.05, 0.1) is 11.9 Å². The van der Waals surface area contributed by atoms with Crippen molar-refractivity contribution in [2.75, 3.05) is 0 Å². The first kappa shape index (κ1) is 13.6. The fraction of sp³-hybridized carbons (Fsp3) is 0.308. The van der Waals surface area contributed by atoms with Crippen LogP contribution in [-0.4, -0.2) is 25.6 Å². The number of imidazole rings is 1. The van der Waals surface area contributed by atoms with Gasteiger partial charge in [-0.1, -0.05) is 11.8 Å². The largest absolute Gasteiger partial charge is 0.478 e. The minimum atomic E-state index is -0.933. The molecule has 0 atom stereocenters. The van der Waals surface area contributed by atoms with Gasteiger partial charge in [-0.25, -0.2) is 14.8 Å². The molecule has 2 aromatic heterocycles. The van der Waals surface area contributed by atoms with Crippen LogP contribution in [0.15, 0.2) is 23.6 Å². The van der Waals surface area contributed by atoms with Gasteiger partial charge in [-0.15, -0.1) is 0 Å². The highest BCUT2D eigenvalue weighted by molar-refractivity contribution is 7.98. The molecule has 0 fully saturated rings. The van der Waals surface area contributed by atoms with Crippen molar-refractivity contribution in [3.05, 3.63) is 41.1 Å². The first-order valence-corrected chi connectivity index (χ1v) is 6.77. The second-order valence-electron chi connectivity index (χ2n) is 4.35. The van der Waals surface area contributed by atoms with Gasteiger partial charge in [-0.3, -0.25) is 0 Å². The highest BCUT2D eigenvalue weighted by Gasteiger charge is 2.16. The van der Waals surface area contributed by atoms with Crippen molar-refractivity contribution < 1.29 is 9.90 Å². The molecule has 0 amide bonds. The Kier molecular flexibility index (Phi) is 3.90. The zero-order valence-corrected chi connectivity index (χ0v) is 11.9. The Labute approximate surface area is 115 Å². The summed E-state index contributed by atoms with van der Waals surface area (Å²) in [5.74, 6) is -0.287. The summed E-state index contributed by atoms with van der Waals surface area (Å²) in [7, 11) is 1.91. The monoisotopic (exact) mass is 277 g/mol. The van der Waals surface area contributed by atoms with Gasteiger partial charge in [-0.05, 0) is 25.5 Å². The Balaban J connectivity index is 2.29. The number of carbonyl (C=O) groups is 1. The molecule has 0 unspecified atom stereocenters. The SMILES string of the molecule is Cc1cc(C)c(C(=O)O)c(SCc2cncn2C)n1. The molecule has 0 aliphatic carbocycles. The summed E-state index contributed by atoms with van der Waals surface area (Å²) >= 11 is 1.42. The van der Waals surface area contributed by atoms with E-state index in [1.165, 1.54) is 11.8 Å². The van der Waals surface area contributed by atoms with E-state index in [0.717, 1.165) is 17.0 Å². The minimum Gasteiger partial charge on any atom is -0.478 e. The van der Waals surface area contributed by atoms with Crippen LogP contribution in [0.2, 0.25) is 0 Å². The van der Waals surface area contributed by atoms with Gasteiger partial charge in [-0.2, -0.15) is 0 Å². The summed E-state index contributed by atoms with van der Waals surface area (Å²) < 4.78 is 1.91. The number of hydrogen-bond acceptors (Lipinski definition) is 4. The molecule has 6 heteroatoms.